The molecule has 2 N–H and O–H groups in total. The third kappa shape index (κ3) is 3.17. The van der Waals surface area contributed by atoms with Crippen molar-refractivity contribution >= 4 is 21.4 Å². The van der Waals surface area contributed by atoms with Gasteiger partial charge in [0.05, 0.1) is 10.6 Å². The van der Waals surface area contributed by atoms with Crippen molar-refractivity contribution < 1.29 is 8.42 Å². The maximum absolute atomic E-state index is 11.5. The van der Waals surface area contributed by atoms with Crippen LogP contribution in [0.15, 0.2) is 47.6 Å². The minimum atomic E-state index is -3.73. The molecular formula is C16H15N3O2S2. The van der Waals surface area contributed by atoms with Crippen LogP contribution in [0.25, 0.3) is 21.8 Å². The van der Waals surface area contributed by atoms with Gasteiger partial charge in [0.1, 0.15) is 5.01 Å². The zero-order valence-corrected chi connectivity index (χ0v) is 14.3. The molecule has 0 saturated carbocycles. The van der Waals surface area contributed by atoms with Crippen molar-refractivity contribution in [2.75, 3.05) is 0 Å². The molecule has 2 heterocycles. The van der Waals surface area contributed by atoms with E-state index >= 15 is 0 Å². The second-order valence-electron chi connectivity index (χ2n) is 5.19. The second-order valence-corrected chi connectivity index (χ2v) is 7.95. The zero-order chi connectivity index (χ0) is 16.6. The summed E-state index contributed by atoms with van der Waals surface area (Å²) in [5.41, 5.74) is 3.68. The molecule has 0 spiro atoms. The number of primary sulfonamides is 1. The summed E-state index contributed by atoms with van der Waals surface area (Å²) < 4.78 is 23.0. The van der Waals surface area contributed by atoms with E-state index in [9.17, 15) is 8.42 Å². The number of rotatable bonds is 3. The van der Waals surface area contributed by atoms with E-state index in [0.29, 0.717) is 0 Å². The van der Waals surface area contributed by atoms with E-state index < -0.39 is 10.0 Å². The predicted molar refractivity (Wildman–Crippen MR) is 91.6 cm³/mol. The van der Waals surface area contributed by atoms with Crippen LogP contribution in [0.2, 0.25) is 0 Å². The summed E-state index contributed by atoms with van der Waals surface area (Å²) >= 11 is 1.52. The fraction of sp³-hybridized carbons (Fsp3) is 0.125. The van der Waals surface area contributed by atoms with E-state index in [1.54, 1.807) is 24.5 Å². The number of hydrogen-bond donors (Lipinski definition) is 1. The molecule has 118 valence electrons. The summed E-state index contributed by atoms with van der Waals surface area (Å²) in [7, 11) is -3.73. The molecule has 0 amide bonds. The maximum atomic E-state index is 11.5. The number of thiazole rings is 1. The first kappa shape index (κ1) is 15.8. The number of nitrogens with zero attached hydrogens (tertiary/aromatic N) is 2. The van der Waals surface area contributed by atoms with Crippen LogP contribution in [0.5, 0.6) is 0 Å². The number of aryl methyl sites for hydroxylation is 2. The van der Waals surface area contributed by atoms with Crippen molar-refractivity contribution in [1.82, 2.24) is 9.97 Å². The molecule has 1 aromatic carbocycles. The fourth-order valence-electron chi connectivity index (χ4n) is 2.29. The molecule has 2 aromatic heterocycles. The highest BCUT2D eigenvalue weighted by Gasteiger charge is 2.15. The van der Waals surface area contributed by atoms with Crippen LogP contribution in [-0.4, -0.2) is 18.4 Å². The van der Waals surface area contributed by atoms with Gasteiger partial charge in [0.15, 0.2) is 0 Å². The lowest BCUT2D eigenvalue weighted by Crippen LogP contribution is -2.11. The SMILES string of the molecule is Cc1ccncc1-c1nc(-c2cccc(S(N)(=O)=O)c2)sc1C. The number of sulfonamides is 1. The van der Waals surface area contributed by atoms with E-state index in [1.165, 1.54) is 17.4 Å². The first-order valence-electron chi connectivity index (χ1n) is 6.88. The second kappa shape index (κ2) is 5.84. The molecule has 0 aliphatic heterocycles. The van der Waals surface area contributed by atoms with Crippen molar-refractivity contribution in [2.45, 2.75) is 18.7 Å². The molecule has 0 fully saturated rings. The third-order valence-corrected chi connectivity index (χ3v) is 5.43. The molecule has 0 radical (unpaired) electrons. The first-order chi connectivity index (χ1) is 10.9. The largest absolute Gasteiger partial charge is 0.264 e. The van der Waals surface area contributed by atoms with Gasteiger partial charge in [0.25, 0.3) is 0 Å². The van der Waals surface area contributed by atoms with Gasteiger partial charge in [-0.2, -0.15) is 0 Å². The Hall–Kier alpha value is -2.09. The first-order valence-corrected chi connectivity index (χ1v) is 9.24. The van der Waals surface area contributed by atoms with Gasteiger partial charge >= 0.3 is 0 Å². The molecule has 0 aliphatic carbocycles. The van der Waals surface area contributed by atoms with E-state index in [-0.39, 0.29) is 4.90 Å². The summed E-state index contributed by atoms with van der Waals surface area (Å²) in [4.78, 5) is 9.98. The summed E-state index contributed by atoms with van der Waals surface area (Å²) in [5.74, 6) is 0. The average molecular weight is 345 g/mol. The summed E-state index contributed by atoms with van der Waals surface area (Å²) in [5, 5.41) is 5.95. The maximum Gasteiger partial charge on any atom is 0.238 e. The Balaban J connectivity index is 2.10. The third-order valence-electron chi connectivity index (χ3n) is 3.50. The smallest absolute Gasteiger partial charge is 0.238 e. The minimum Gasteiger partial charge on any atom is -0.264 e. The highest BCUT2D eigenvalue weighted by molar-refractivity contribution is 7.89. The number of aromatic nitrogens is 2. The van der Waals surface area contributed by atoms with Crippen molar-refractivity contribution in [2.24, 2.45) is 5.14 Å². The van der Waals surface area contributed by atoms with E-state index in [2.05, 4.69) is 9.97 Å². The van der Waals surface area contributed by atoms with Crippen molar-refractivity contribution in [3.8, 4) is 21.8 Å². The van der Waals surface area contributed by atoms with Crippen molar-refractivity contribution in [3.63, 3.8) is 0 Å². The highest BCUT2D eigenvalue weighted by Crippen LogP contribution is 2.34. The summed E-state index contributed by atoms with van der Waals surface area (Å²) in [6, 6.07) is 8.46. The van der Waals surface area contributed by atoms with Gasteiger partial charge in [-0.1, -0.05) is 12.1 Å². The standard InChI is InChI=1S/C16H15N3O2S2/c1-10-6-7-18-9-14(10)15-11(2)22-16(19-15)12-4-3-5-13(8-12)23(17,20)21/h3-9H,1-2H3,(H2,17,20,21). The van der Waals surface area contributed by atoms with Crippen molar-refractivity contribution in [1.29, 1.82) is 0 Å². The van der Waals surface area contributed by atoms with Crippen LogP contribution in [0.1, 0.15) is 10.4 Å². The molecule has 0 atom stereocenters. The molecule has 3 rings (SSSR count). The predicted octanol–water partition coefficient (Wildman–Crippen LogP) is 3.14. The topological polar surface area (TPSA) is 85.9 Å². The lowest BCUT2D eigenvalue weighted by atomic mass is 10.1. The Morgan fingerprint density at radius 2 is 1.96 bits per heavy atom. The molecule has 3 aromatic rings. The van der Waals surface area contributed by atoms with Crippen LogP contribution >= 0.6 is 11.3 Å². The quantitative estimate of drug-likeness (QED) is 0.790. The van der Waals surface area contributed by atoms with Crippen LogP contribution in [0.4, 0.5) is 0 Å². The van der Waals surface area contributed by atoms with Gasteiger partial charge < -0.3 is 0 Å². The number of benzene rings is 1. The number of nitrogens with two attached hydrogens (primary N) is 1. The van der Waals surface area contributed by atoms with Gasteiger partial charge in [-0.25, -0.2) is 18.5 Å². The Morgan fingerprint density at radius 1 is 1.17 bits per heavy atom. The lowest BCUT2D eigenvalue weighted by molar-refractivity contribution is 0.598. The van der Waals surface area contributed by atoms with Crippen molar-refractivity contribution in [3.05, 3.63) is 53.2 Å². The van der Waals surface area contributed by atoms with E-state index in [0.717, 1.165) is 32.3 Å². The van der Waals surface area contributed by atoms with Crippen LogP contribution in [-0.2, 0) is 10.0 Å². The van der Waals surface area contributed by atoms with Crippen LogP contribution < -0.4 is 5.14 Å². The van der Waals surface area contributed by atoms with Crippen LogP contribution in [0.3, 0.4) is 0 Å². The van der Waals surface area contributed by atoms with Gasteiger partial charge in [0.2, 0.25) is 10.0 Å². The average Bonchev–Trinajstić information content (AvgIpc) is 2.89. The summed E-state index contributed by atoms with van der Waals surface area (Å²) in [6.07, 6.45) is 3.54. The summed E-state index contributed by atoms with van der Waals surface area (Å²) in [6.45, 7) is 4.00. The zero-order valence-electron chi connectivity index (χ0n) is 12.6. The lowest BCUT2D eigenvalue weighted by Gasteiger charge is -2.02. The fourth-order valence-corrected chi connectivity index (χ4v) is 3.77. The van der Waals surface area contributed by atoms with E-state index in [1.807, 2.05) is 26.0 Å². The number of pyridine rings is 1. The van der Waals surface area contributed by atoms with Crippen LogP contribution in [0, 0.1) is 13.8 Å². The van der Waals surface area contributed by atoms with Gasteiger partial charge in [-0.05, 0) is 37.6 Å². The highest BCUT2D eigenvalue weighted by atomic mass is 32.2. The monoisotopic (exact) mass is 345 g/mol. The Bertz CT molecular complexity index is 978. The molecule has 0 unspecified atom stereocenters. The molecule has 0 saturated heterocycles. The van der Waals surface area contributed by atoms with Gasteiger partial charge in [-0.15, -0.1) is 11.3 Å². The van der Waals surface area contributed by atoms with Gasteiger partial charge in [-0.3, -0.25) is 4.98 Å². The molecule has 0 bridgehead atoms. The normalized spacial score (nSPS) is 11.6. The minimum absolute atomic E-state index is 0.0851. The Morgan fingerprint density at radius 3 is 2.65 bits per heavy atom. The Labute approximate surface area is 138 Å². The molecule has 5 nitrogen and oxygen atoms in total. The Kier molecular flexibility index (Phi) is 4.01. The molecular weight excluding hydrogens is 330 g/mol. The molecule has 0 aliphatic rings. The number of hydrogen-bond acceptors (Lipinski definition) is 5. The van der Waals surface area contributed by atoms with Gasteiger partial charge in [0, 0.05) is 28.4 Å². The molecule has 23 heavy (non-hydrogen) atoms. The van der Waals surface area contributed by atoms with E-state index in [4.69, 9.17) is 5.14 Å². The molecule has 7 heteroatoms.